The highest BCUT2D eigenvalue weighted by molar-refractivity contribution is 8.00. The van der Waals surface area contributed by atoms with Crippen LogP contribution in [0.4, 0.5) is 0 Å². The first-order valence-corrected chi connectivity index (χ1v) is 8.94. The van der Waals surface area contributed by atoms with Gasteiger partial charge >= 0.3 is 5.97 Å². The fourth-order valence-corrected chi connectivity index (χ4v) is 2.45. The van der Waals surface area contributed by atoms with E-state index in [9.17, 15) is 14.4 Å². The molecule has 0 saturated carbocycles. The maximum Gasteiger partial charge on any atom is 0.316 e. The van der Waals surface area contributed by atoms with E-state index in [2.05, 4.69) is 10.6 Å². The van der Waals surface area contributed by atoms with Crippen molar-refractivity contribution in [3.63, 3.8) is 0 Å². The predicted molar refractivity (Wildman–Crippen MR) is 95.6 cm³/mol. The van der Waals surface area contributed by atoms with Crippen molar-refractivity contribution in [1.29, 1.82) is 0 Å². The molecule has 1 aromatic rings. The monoisotopic (exact) mass is 368 g/mol. The Bertz CT molecular complexity index is 577. The van der Waals surface area contributed by atoms with Crippen LogP contribution in [0.15, 0.2) is 29.2 Å². The Morgan fingerprint density at radius 3 is 2.48 bits per heavy atom. The minimum absolute atomic E-state index is 0.0894. The first kappa shape index (κ1) is 20.8. The quantitative estimate of drug-likeness (QED) is 0.478. The van der Waals surface area contributed by atoms with Crippen molar-refractivity contribution in [2.24, 2.45) is 0 Å². The molecule has 25 heavy (non-hydrogen) atoms. The molecular formula is C17H24N2O5S. The van der Waals surface area contributed by atoms with Crippen LogP contribution in [0.25, 0.3) is 0 Å². The van der Waals surface area contributed by atoms with Crippen LogP contribution in [-0.2, 0) is 19.1 Å². The number of carbonyl (C=O) groups is 3. The molecule has 0 aliphatic rings. The van der Waals surface area contributed by atoms with Crippen molar-refractivity contribution in [3.05, 3.63) is 24.3 Å². The van der Waals surface area contributed by atoms with Crippen LogP contribution in [0.5, 0.6) is 5.75 Å². The van der Waals surface area contributed by atoms with Crippen molar-refractivity contribution in [2.75, 3.05) is 26.0 Å². The molecule has 0 fully saturated rings. The average molecular weight is 368 g/mol. The molecule has 0 spiro atoms. The summed E-state index contributed by atoms with van der Waals surface area (Å²) >= 11 is 1.30. The normalized spacial score (nSPS) is 11.3. The second-order valence-corrected chi connectivity index (χ2v) is 6.25. The molecule has 0 aromatic heterocycles. The molecule has 1 rings (SSSR count). The van der Waals surface area contributed by atoms with E-state index in [1.807, 2.05) is 19.1 Å². The molecule has 0 radical (unpaired) electrons. The molecule has 2 N–H and O–H groups in total. The lowest BCUT2D eigenvalue weighted by Crippen LogP contribution is -2.46. The Kier molecular flexibility index (Phi) is 9.46. The zero-order chi connectivity index (χ0) is 18.7. The van der Waals surface area contributed by atoms with E-state index in [4.69, 9.17) is 9.47 Å². The SMILES string of the molecule is CCCNC(=O)[C@H](C)NC(=O)COC(=O)CSc1ccc(OC)cc1. The third-order valence-electron chi connectivity index (χ3n) is 3.10. The molecule has 0 bridgehead atoms. The van der Waals surface area contributed by atoms with Gasteiger partial charge in [0.15, 0.2) is 6.61 Å². The summed E-state index contributed by atoms with van der Waals surface area (Å²) < 4.78 is 9.96. The molecule has 1 aromatic carbocycles. The Labute approximate surface area is 151 Å². The molecule has 0 aliphatic heterocycles. The van der Waals surface area contributed by atoms with Crippen molar-refractivity contribution >= 4 is 29.5 Å². The number of nitrogens with one attached hydrogen (secondary N) is 2. The zero-order valence-corrected chi connectivity index (χ0v) is 15.5. The van der Waals surface area contributed by atoms with Gasteiger partial charge in [0.05, 0.1) is 12.9 Å². The molecule has 138 valence electrons. The Morgan fingerprint density at radius 1 is 1.20 bits per heavy atom. The fraction of sp³-hybridized carbons (Fsp3) is 0.471. The number of methoxy groups -OCH3 is 1. The molecular weight excluding hydrogens is 344 g/mol. The van der Waals surface area contributed by atoms with Crippen molar-refractivity contribution < 1.29 is 23.9 Å². The highest BCUT2D eigenvalue weighted by atomic mass is 32.2. The summed E-state index contributed by atoms with van der Waals surface area (Å²) in [6.45, 7) is 3.65. The average Bonchev–Trinajstić information content (AvgIpc) is 2.62. The summed E-state index contributed by atoms with van der Waals surface area (Å²) in [7, 11) is 1.58. The van der Waals surface area contributed by atoms with Crippen LogP contribution >= 0.6 is 11.8 Å². The van der Waals surface area contributed by atoms with Crippen LogP contribution in [0, 0.1) is 0 Å². The minimum Gasteiger partial charge on any atom is -0.497 e. The summed E-state index contributed by atoms with van der Waals surface area (Å²) in [5.41, 5.74) is 0. The Morgan fingerprint density at radius 2 is 1.88 bits per heavy atom. The van der Waals surface area contributed by atoms with Gasteiger partial charge in [0, 0.05) is 11.4 Å². The van der Waals surface area contributed by atoms with Crippen molar-refractivity contribution in [3.8, 4) is 5.75 Å². The van der Waals surface area contributed by atoms with Gasteiger partial charge in [0.1, 0.15) is 11.8 Å². The van der Waals surface area contributed by atoms with Crippen molar-refractivity contribution in [1.82, 2.24) is 10.6 Å². The number of carbonyl (C=O) groups excluding carboxylic acids is 3. The molecule has 1 atom stereocenters. The van der Waals surface area contributed by atoms with E-state index in [1.165, 1.54) is 11.8 Å². The van der Waals surface area contributed by atoms with E-state index >= 15 is 0 Å². The Balaban J connectivity index is 2.25. The van der Waals surface area contributed by atoms with Crippen molar-refractivity contribution in [2.45, 2.75) is 31.2 Å². The number of hydrogen-bond donors (Lipinski definition) is 2. The van der Waals surface area contributed by atoms with Gasteiger partial charge in [-0.05, 0) is 37.6 Å². The van der Waals surface area contributed by atoms with E-state index in [0.29, 0.717) is 6.54 Å². The summed E-state index contributed by atoms with van der Waals surface area (Å²) in [4.78, 5) is 35.9. The molecule has 0 saturated heterocycles. The number of benzene rings is 1. The molecule has 8 heteroatoms. The highest BCUT2D eigenvalue weighted by Crippen LogP contribution is 2.21. The summed E-state index contributed by atoms with van der Waals surface area (Å²) in [5, 5.41) is 5.16. The number of esters is 1. The third-order valence-corrected chi connectivity index (χ3v) is 4.09. The molecule has 0 aliphatic carbocycles. The number of amides is 2. The molecule has 0 heterocycles. The summed E-state index contributed by atoms with van der Waals surface area (Å²) in [6.07, 6.45) is 0.815. The smallest absolute Gasteiger partial charge is 0.316 e. The third kappa shape index (κ3) is 8.44. The van der Waals surface area contributed by atoms with Gasteiger partial charge in [0.25, 0.3) is 5.91 Å². The summed E-state index contributed by atoms with van der Waals surface area (Å²) in [6, 6.07) is 6.59. The predicted octanol–water partition coefficient (Wildman–Crippen LogP) is 1.36. The van der Waals surface area contributed by atoms with Crippen LogP contribution in [-0.4, -0.2) is 49.8 Å². The standard InChI is InChI=1S/C17H24N2O5S/c1-4-9-18-17(22)12(2)19-15(20)10-24-16(21)11-25-14-7-5-13(23-3)6-8-14/h5-8,12H,4,9-11H2,1-3H3,(H,18,22)(H,19,20)/t12-/m0/s1. The number of rotatable bonds is 10. The maximum atomic E-state index is 11.7. The lowest BCUT2D eigenvalue weighted by atomic mass is 10.3. The van der Waals surface area contributed by atoms with Crippen LogP contribution < -0.4 is 15.4 Å². The number of ether oxygens (including phenoxy) is 2. The summed E-state index contributed by atoms with van der Waals surface area (Å²) in [5.74, 6) is -0.454. The van der Waals surface area contributed by atoms with Gasteiger partial charge in [-0.1, -0.05) is 6.92 Å². The largest absolute Gasteiger partial charge is 0.497 e. The van der Waals surface area contributed by atoms with Gasteiger partial charge in [-0.15, -0.1) is 11.8 Å². The van der Waals surface area contributed by atoms with Gasteiger partial charge in [-0.3, -0.25) is 14.4 Å². The van der Waals surface area contributed by atoms with E-state index < -0.39 is 24.5 Å². The maximum absolute atomic E-state index is 11.7. The highest BCUT2D eigenvalue weighted by Gasteiger charge is 2.16. The van der Waals surface area contributed by atoms with Crippen LogP contribution in [0.3, 0.4) is 0 Å². The zero-order valence-electron chi connectivity index (χ0n) is 14.7. The van der Waals surface area contributed by atoms with E-state index in [0.717, 1.165) is 17.1 Å². The fourth-order valence-electron chi connectivity index (χ4n) is 1.75. The lowest BCUT2D eigenvalue weighted by molar-refractivity contribution is -0.146. The van der Waals surface area contributed by atoms with Gasteiger partial charge in [-0.2, -0.15) is 0 Å². The van der Waals surface area contributed by atoms with E-state index in [-0.39, 0.29) is 11.7 Å². The minimum atomic E-state index is -0.675. The molecule has 0 unspecified atom stereocenters. The number of hydrogen-bond acceptors (Lipinski definition) is 6. The topological polar surface area (TPSA) is 93.7 Å². The van der Waals surface area contributed by atoms with Crippen LogP contribution in [0.1, 0.15) is 20.3 Å². The first-order chi connectivity index (χ1) is 12.0. The first-order valence-electron chi connectivity index (χ1n) is 7.95. The van der Waals surface area contributed by atoms with Crippen LogP contribution in [0.2, 0.25) is 0 Å². The van der Waals surface area contributed by atoms with E-state index in [1.54, 1.807) is 26.2 Å². The molecule has 2 amide bonds. The molecule has 7 nitrogen and oxygen atoms in total. The van der Waals surface area contributed by atoms with Gasteiger partial charge in [-0.25, -0.2) is 0 Å². The second kappa shape index (κ2) is 11.4. The van der Waals surface area contributed by atoms with Gasteiger partial charge in [0.2, 0.25) is 5.91 Å². The number of thioether (sulfide) groups is 1. The Hall–Kier alpha value is -2.22. The lowest BCUT2D eigenvalue weighted by Gasteiger charge is -2.13. The van der Waals surface area contributed by atoms with Gasteiger partial charge < -0.3 is 20.1 Å². The second-order valence-electron chi connectivity index (χ2n) is 5.21.